The number of halogens is 1. The zero-order valence-electron chi connectivity index (χ0n) is 10.5. The highest BCUT2D eigenvalue weighted by Gasteiger charge is 2.16. The summed E-state index contributed by atoms with van der Waals surface area (Å²) in [5.74, 6) is 0. The van der Waals surface area contributed by atoms with Crippen molar-refractivity contribution >= 4 is 11.6 Å². The second kappa shape index (κ2) is 6.36. The van der Waals surface area contributed by atoms with E-state index in [9.17, 15) is 0 Å². The summed E-state index contributed by atoms with van der Waals surface area (Å²) in [4.78, 5) is 6.49. The first-order chi connectivity index (χ1) is 8.25. The van der Waals surface area contributed by atoms with Crippen molar-refractivity contribution in [2.45, 2.75) is 51.1 Å². The van der Waals surface area contributed by atoms with Crippen molar-refractivity contribution in [3.63, 3.8) is 0 Å². The molecule has 0 spiro atoms. The third kappa shape index (κ3) is 3.97. The van der Waals surface area contributed by atoms with E-state index < -0.39 is 0 Å². The van der Waals surface area contributed by atoms with Crippen molar-refractivity contribution < 1.29 is 0 Å². The Labute approximate surface area is 109 Å². The Bertz CT molecular complexity index is 346. The molecule has 0 amide bonds. The summed E-state index contributed by atoms with van der Waals surface area (Å²) in [6.45, 7) is 0.979. The summed E-state index contributed by atoms with van der Waals surface area (Å²) >= 11 is 5.91. The summed E-state index contributed by atoms with van der Waals surface area (Å²) in [5.41, 5.74) is 1.26. The van der Waals surface area contributed by atoms with E-state index in [0.29, 0.717) is 5.15 Å². The molecular weight excluding hydrogens is 232 g/mol. The highest BCUT2D eigenvalue weighted by Crippen LogP contribution is 2.22. The van der Waals surface area contributed by atoms with E-state index in [2.05, 4.69) is 23.0 Å². The minimum Gasteiger partial charge on any atom is -0.299 e. The number of hydrogen-bond donors (Lipinski definition) is 0. The zero-order valence-corrected chi connectivity index (χ0v) is 11.3. The van der Waals surface area contributed by atoms with E-state index in [1.165, 1.54) is 44.1 Å². The normalized spacial score (nSPS) is 18.3. The van der Waals surface area contributed by atoms with Crippen LogP contribution >= 0.6 is 11.6 Å². The SMILES string of the molecule is CN(Cc1ccnc(Cl)c1)C1CCCCCC1. The van der Waals surface area contributed by atoms with Crippen LogP contribution in [0.25, 0.3) is 0 Å². The van der Waals surface area contributed by atoms with Gasteiger partial charge in [0, 0.05) is 18.8 Å². The fourth-order valence-corrected chi connectivity index (χ4v) is 2.85. The average Bonchev–Trinajstić information content (AvgIpc) is 2.57. The second-order valence-corrected chi connectivity index (χ2v) is 5.43. The minimum atomic E-state index is 0.594. The van der Waals surface area contributed by atoms with E-state index in [1.807, 2.05) is 6.07 Å². The van der Waals surface area contributed by atoms with Gasteiger partial charge in [0.2, 0.25) is 0 Å². The van der Waals surface area contributed by atoms with Gasteiger partial charge in [-0.25, -0.2) is 4.98 Å². The third-order valence-electron chi connectivity index (χ3n) is 3.67. The maximum absolute atomic E-state index is 5.91. The van der Waals surface area contributed by atoms with Crippen LogP contribution in [0.1, 0.15) is 44.1 Å². The van der Waals surface area contributed by atoms with Crippen LogP contribution in [0.2, 0.25) is 5.15 Å². The Kier molecular flexibility index (Phi) is 4.81. The zero-order chi connectivity index (χ0) is 12.1. The van der Waals surface area contributed by atoms with Gasteiger partial charge in [0.25, 0.3) is 0 Å². The lowest BCUT2D eigenvalue weighted by Crippen LogP contribution is -2.30. The molecule has 0 saturated heterocycles. The van der Waals surface area contributed by atoms with Gasteiger partial charge in [0.15, 0.2) is 0 Å². The van der Waals surface area contributed by atoms with Crippen LogP contribution in [-0.4, -0.2) is 23.0 Å². The summed E-state index contributed by atoms with van der Waals surface area (Å²) in [6.07, 6.45) is 10.1. The summed E-state index contributed by atoms with van der Waals surface area (Å²) in [5, 5.41) is 0.594. The molecule has 2 rings (SSSR count). The lowest BCUT2D eigenvalue weighted by Gasteiger charge is -2.27. The van der Waals surface area contributed by atoms with Gasteiger partial charge in [0.05, 0.1) is 0 Å². The number of hydrogen-bond acceptors (Lipinski definition) is 2. The topological polar surface area (TPSA) is 16.1 Å². The second-order valence-electron chi connectivity index (χ2n) is 5.05. The van der Waals surface area contributed by atoms with Crippen LogP contribution in [-0.2, 0) is 6.54 Å². The highest BCUT2D eigenvalue weighted by molar-refractivity contribution is 6.29. The lowest BCUT2D eigenvalue weighted by molar-refractivity contribution is 0.213. The number of rotatable bonds is 3. The van der Waals surface area contributed by atoms with Crippen LogP contribution < -0.4 is 0 Å². The molecule has 0 bridgehead atoms. The van der Waals surface area contributed by atoms with E-state index in [0.717, 1.165) is 12.6 Å². The Hall–Kier alpha value is -0.600. The largest absolute Gasteiger partial charge is 0.299 e. The molecule has 1 aliphatic rings. The van der Waals surface area contributed by atoms with E-state index >= 15 is 0 Å². The minimum absolute atomic E-state index is 0.594. The van der Waals surface area contributed by atoms with Gasteiger partial charge in [0.1, 0.15) is 5.15 Å². The molecule has 3 heteroatoms. The van der Waals surface area contributed by atoms with Crippen LogP contribution in [0.4, 0.5) is 0 Å². The van der Waals surface area contributed by atoms with Gasteiger partial charge in [-0.15, -0.1) is 0 Å². The predicted octanol–water partition coefficient (Wildman–Crippen LogP) is 3.89. The van der Waals surface area contributed by atoms with Crippen LogP contribution in [0.3, 0.4) is 0 Å². The molecule has 94 valence electrons. The molecular formula is C14H21ClN2. The number of aromatic nitrogens is 1. The molecule has 1 aromatic rings. The summed E-state index contributed by atoms with van der Waals surface area (Å²) < 4.78 is 0. The molecule has 1 heterocycles. The molecule has 0 aromatic carbocycles. The molecule has 0 radical (unpaired) electrons. The molecule has 1 fully saturated rings. The number of pyridine rings is 1. The van der Waals surface area contributed by atoms with Crippen molar-refractivity contribution in [2.24, 2.45) is 0 Å². The van der Waals surface area contributed by atoms with E-state index in [4.69, 9.17) is 11.6 Å². The highest BCUT2D eigenvalue weighted by atomic mass is 35.5. The van der Waals surface area contributed by atoms with Crippen molar-refractivity contribution in [3.05, 3.63) is 29.0 Å². The van der Waals surface area contributed by atoms with Gasteiger partial charge in [-0.1, -0.05) is 37.3 Å². The summed E-state index contributed by atoms with van der Waals surface area (Å²) in [6, 6.07) is 4.76. The fraction of sp³-hybridized carbons (Fsp3) is 0.643. The van der Waals surface area contributed by atoms with Gasteiger partial charge in [-0.2, -0.15) is 0 Å². The van der Waals surface area contributed by atoms with Gasteiger partial charge >= 0.3 is 0 Å². The molecule has 1 aromatic heterocycles. The molecule has 1 aliphatic carbocycles. The first-order valence-electron chi connectivity index (χ1n) is 6.56. The molecule has 0 atom stereocenters. The van der Waals surface area contributed by atoms with Crippen molar-refractivity contribution in [1.82, 2.24) is 9.88 Å². The maximum atomic E-state index is 5.91. The maximum Gasteiger partial charge on any atom is 0.129 e. The Morgan fingerprint density at radius 1 is 1.29 bits per heavy atom. The monoisotopic (exact) mass is 252 g/mol. The predicted molar refractivity (Wildman–Crippen MR) is 72.2 cm³/mol. The lowest BCUT2D eigenvalue weighted by atomic mass is 10.1. The van der Waals surface area contributed by atoms with Gasteiger partial charge in [-0.3, -0.25) is 4.90 Å². The van der Waals surface area contributed by atoms with Gasteiger partial charge < -0.3 is 0 Å². The molecule has 0 aliphatic heterocycles. The van der Waals surface area contributed by atoms with Gasteiger partial charge in [-0.05, 0) is 37.6 Å². The molecule has 17 heavy (non-hydrogen) atoms. The first kappa shape index (κ1) is 12.8. The standard InChI is InChI=1S/C14H21ClN2/c1-17(13-6-4-2-3-5-7-13)11-12-8-9-16-14(15)10-12/h8-10,13H,2-7,11H2,1H3. The van der Waals surface area contributed by atoms with Crippen molar-refractivity contribution in [1.29, 1.82) is 0 Å². The third-order valence-corrected chi connectivity index (χ3v) is 3.88. The Balaban J connectivity index is 1.93. The van der Waals surface area contributed by atoms with Crippen LogP contribution in [0, 0.1) is 0 Å². The van der Waals surface area contributed by atoms with E-state index in [-0.39, 0.29) is 0 Å². The number of nitrogens with zero attached hydrogens (tertiary/aromatic N) is 2. The quantitative estimate of drug-likeness (QED) is 0.599. The average molecular weight is 253 g/mol. The Morgan fingerprint density at radius 2 is 2.00 bits per heavy atom. The first-order valence-corrected chi connectivity index (χ1v) is 6.94. The molecule has 2 nitrogen and oxygen atoms in total. The van der Waals surface area contributed by atoms with Crippen molar-refractivity contribution in [3.8, 4) is 0 Å². The summed E-state index contributed by atoms with van der Waals surface area (Å²) in [7, 11) is 2.23. The van der Waals surface area contributed by atoms with Crippen molar-refractivity contribution in [2.75, 3.05) is 7.05 Å². The molecule has 1 saturated carbocycles. The molecule has 0 N–H and O–H groups in total. The van der Waals surface area contributed by atoms with Crippen LogP contribution in [0.5, 0.6) is 0 Å². The van der Waals surface area contributed by atoms with Crippen LogP contribution in [0.15, 0.2) is 18.3 Å². The molecule has 0 unspecified atom stereocenters. The van der Waals surface area contributed by atoms with E-state index in [1.54, 1.807) is 6.20 Å². The fourth-order valence-electron chi connectivity index (χ4n) is 2.66. The Morgan fingerprint density at radius 3 is 2.65 bits per heavy atom. The smallest absolute Gasteiger partial charge is 0.129 e.